The van der Waals surface area contributed by atoms with Crippen LogP contribution in [0.5, 0.6) is 0 Å². The maximum absolute atomic E-state index is 13.8. The summed E-state index contributed by atoms with van der Waals surface area (Å²) in [7, 11) is 0. The molecule has 0 spiro atoms. The van der Waals surface area contributed by atoms with Crippen LogP contribution in [-0.2, 0) is 18.9 Å². The fourth-order valence-electron chi connectivity index (χ4n) is 7.46. The largest absolute Gasteiger partial charge is 0.461 e. The summed E-state index contributed by atoms with van der Waals surface area (Å²) in [5.41, 5.74) is 1.83. The van der Waals surface area contributed by atoms with Crippen molar-refractivity contribution in [2.75, 3.05) is 13.2 Å². The number of pyridine rings is 2. The van der Waals surface area contributed by atoms with Crippen molar-refractivity contribution in [1.29, 1.82) is 0 Å². The lowest BCUT2D eigenvalue weighted by molar-refractivity contribution is -0.0797. The van der Waals surface area contributed by atoms with E-state index in [2.05, 4.69) is 9.97 Å². The zero-order valence-corrected chi connectivity index (χ0v) is 28.0. The van der Waals surface area contributed by atoms with Crippen LogP contribution in [0.25, 0.3) is 0 Å². The van der Waals surface area contributed by atoms with E-state index < -0.39 is 47.0 Å². The average Bonchev–Trinajstić information content (AvgIpc) is 3.60. The maximum atomic E-state index is 13.8. The van der Waals surface area contributed by atoms with Gasteiger partial charge < -0.3 is 24.1 Å². The van der Waals surface area contributed by atoms with E-state index in [1.54, 1.807) is 60.9 Å². The number of allylic oxidation sites excluding steroid dienone is 1. The molecule has 2 fully saturated rings. The zero-order valence-electron chi connectivity index (χ0n) is 28.0. The van der Waals surface area contributed by atoms with E-state index >= 15 is 0 Å². The highest BCUT2D eigenvalue weighted by molar-refractivity contribution is 5.90. The summed E-state index contributed by atoms with van der Waals surface area (Å²) in [4.78, 5) is 49.3. The number of rotatable bonds is 8. The molecule has 1 aliphatic heterocycles. The van der Waals surface area contributed by atoms with Crippen molar-refractivity contribution in [3.8, 4) is 0 Å². The number of esters is 3. The molecular weight excluding hydrogens is 624 g/mol. The number of aromatic nitrogens is 2. The number of benzene rings is 1. The summed E-state index contributed by atoms with van der Waals surface area (Å²) in [5.74, 6) is -2.30. The quantitative estimate of drug-likeness (QED) is 0.130. The van der Waals surface area contributed by atoms with Crippen molar-refractivity contribution < 1.29 is 38.4 Å². The van der Waals surface area contributed by atoms with Crippen molar-refractivity contribution in [3.63, 3.8) is 0 Å². The molecule has 1 saturated heterocycles. The third-order valence-corrected chi connectivity index (χ3v) is 10.2. The van der Waals surface area contributed by atoms with E-state index in [1.807, 2.05) is 32.9 Å². The molecule has 2 aliphatic carbocycles. The van der Waals surface area contributed by atoms with Crippen molar-refractivity contribution in [2.24, 2.45) is 11.3 Å². The average molecular weight is 667 g/mol. The highest BCUT2D eigenvalue weighted by atomic mass is 16.6. The zero-order chi connectivity index (χ0) is 34.6. The molecule has 1 aromatic carbocycles. The number of carbonyl (C=O) groups is 3. The highest BCUT2D eigenvalue weighted by Crippen LogP contribution is 2.57. The summed E-state index contributed by atoms with van der Waals surface area (Å²) in [6.45, 7) is 5.49. The van der Waals surface area contributed by atoms with Gasteiger partial charge in [-0.25, -0.2) is 14.4 Å². The Bertz CT molecular complexity index is 1730. The number of hydrogen-bond acceptors (Lipinski definition) is 10. The molecule has 3 aliphatic rings. The third-order valence-electron chi connectivity index (χ3n) is 10.2. The van der Waals surface area contributed by atoms with Crippen molar-refractivity contribution in [1.82, 2.24) is 9.97 Å². The summed E-state index contributed by atoms with van der Waals surface area (Å²) in [5, 5.41) is 10.5. The number of aliphatic hydroxyl groups excluding tert-OH is 1. The molecule has 6 atom stereocenters. The first-order chi connectivity index (χ1) is 23.6. The third kappa shape index (κ3) is 7.35. The molecule has 0 radical (unpaired) electrons. The Balaban J connectivity index is 1.51. The molecule has 1 N–H and O–H groups in total. The number of epoxide rings is 1. The van der Waals surface area contributed by atoms with Crippen LogP contribution in [0.1, 0.15) is 83.9 Å². The van der Waals surface area contributed by atoms with Crippen LogP contribution in [0, 0.1) is 11.3 Å². The summed E-state index contributed by atoms with van der Waals surface area (Å²) in [6.07, 6.45) is 8.90. The molecule has 3 aromatic rings. The van der Waals surface area contributed by atoms with Crippen LogP contribution in [0.3, 0.4) is 0 Å². The SMILES string of the molecule is C/C1=C/[C@H](OC(=O)c2cccnc2)[C@@]2(COC(=O)c3ccccc3)CC/C(=C(/C)CO)[C@@H]2[C@H](OC(=O)c2cccnc2)C[C@]2(C)O[C@@H]2CC1. The molecule has 0 amide bonds. The van der Waals surface area contributed by atoms with E-state index in [4.69, 9.17) is 18.9 Å². The molecule has 10 nitrogen and oxygen atoms in total. The number of hydrogen-bond donors (Lipinski definition) is 1. The Hall–Kier alpha value is -4.67. The predicted octanol–water partition coefficient (Wildman–Crippen LogP) is 6.08. The van der Waals surface area contributed by atoms with Gasteiger partial charge in [-0.3, -0.25) is 9.97 Å². The lowest BCUT2D eigenvalue weighted by atomic mass is 9.68. The van der Waals surface area contributed by atoms with Gasteiger partial charge in [0.25, 0.3) is 0 Å². The minimum Gasteiger partial charge on any atom is -0.461 e. The van der Waals surface area contributed by atoms with Gasteiger partial charge in [0.05, 0.1) is 40.4 Å². The van der Waals surface area contributed by atoms with Gasteiger partial charge in [0.1, 0.15) is 18.8 Å². The van der Waals surface area contributed by atoms with E-state index in [1.165, 1.54) is 12.4 Å². The molecule has 3 heterocycles. The summed E-state index contributed by atoms with van der Waals surface area (Å²) < 4.78 is 25.3. The van der Waals surface area contributed by atoms with E-state index in [0.29, 0.717) is 31.2 Å². The molecule has 2 aromatic heterocycles. The van der Waals surface area contributed by atoms with Crippen molar-refractivity contribution in [3.05, 3.63) is 119 Å². The number of aliphatic hydroxyl groups is 1. The molecule has 0 bridgehead atoms. The van der Waals surface area contributed by atoms with Gasteiger partial charge in [-0.05, 0) is 94.5 Å². The monoisotopic (exact) mass is 666 g/mol. The molecule has 6 rings (SSSR count). The first-order valence-electron chi connectivity index (χ1n) is 16.7. The van der Waals surface area contributed by atoms with Crippen LogP contribution >= 0.6 is 0 Å². The number of ether oxygens (including phenoxy) is 4. The second-order valence-electron chi connectivity index (χ2n) is 13.5. The lowest BCUT2D eigenvalue weighted by Gasteiger charge is -2.43. The molecular formula is C39H42N2O8. The molecule has 10 heteroatoms. The predicted molar refractivity (Wildman–Crippen MR) is 179 cm³/mol. The first kappa shape index (κ1) is 34.2. The van der Waals surface area contributed by atoms with Gasteiger partial charge in [-0.1, -0.05) is 29.3 Å². The first-order valence-corrected chi connectivity index (χ1v) is 16.7. The minimum atomic E-state index is -1.10. The maximum Gasteiger partial charge on any atom is 0.340 e. The van der Waals surface area contributed by atoms with Gasteiger partial charge >= 0.3 is 17.9 Å². The smallest absolute Gasteiger partial charge is 0.340 e. The summed E-state index contributed by atoms with van der Waals surface area (Å²) in [6, 6.07) is 15.3. The van der Waals surface area contributed by atoms with Gasteiger partial charge in [-0.2, -0.15) is 0 Å². The second kappa shape index (κ2) is 14.4. The van der Waals surface area contributed by atoms with Crippen LogP contribution in [0.4, 0.5) is 0 Å². The normalized spacial score (nSPS) is 29.9. The van der Waals surface area contributed by atoms with Gasteiger partial charge in [-0.15, -0.1) is 0 Å². The Morgan fingerprint density at radius 3 is 2.18 bits per heavy atom. The van der Waals surface area contributed by atoms with Crippen LogP contribution in [0.2, 0.25) is 0 Å². The topological polar surface area (TPSA) is 137 Å². The molecule has 256 valence electrons. The highest BCUT2D eigenvalue weighted by Gasteiger charge is 2.61. The standard InChI is InChI=1S/C39H42N2O8/c1-25-13-14-32-38(3,49-32)20-31(47-36(44)28-11-7-17-40-21-28)34-30(26(2)23-42)15-16-39(34,24-46-35(43)27-9-5-4-6-10-27)33(19-25)48-37(45)29-12-8-18-41-22-29/h4-12,17-19,21-22,31-34,42H,13-16,20,23-24H2,1-3H3/b25-19-,30-26+/t31-,32-,33+,34-,38+,39+/m1/s1. The molecule has 0 unspecified atom stereocenters. The Labute approximate surface area is 286 Å². The lowest BCUT2D eigenvalue weighted by Crippen LogP contribution is -2.50. The van der Waals surface area contributed by atoms with E-state index in [-0.39, 0.29) is 30.4 Å². The number of nitrogens with zero attached hydrogens (tertiary/aromatic N) is 2. The second-order valence-corrected chi connectivity index (χ2v) is 13.5. The van der Waals surface area contributed by atoms with Crippen molar-refractivity contribution >= 4 is 17.9 Å². The summed E-state index contributed by atoms with van der Waals surface area (Å²) >= 11 is 0. The van der Waals surface area contributed by atoms with Crippen LogP contribution < -0.4 is 0 Å². The molecule has 1 saturated carbocycles. The van der Waals surface area contributed by atoms with E-state index in [0.717, 1.165) is 23.1 Å². The van der Waals surface area contributed by atoms with Crippen molar-refractivity contribution in [2.45, 2.75) is 76.8 Å². The van der Waals surface area contributed by atoms with Gasteiger partial charge in [0.2, 0.25) is 0 Å². The fourth-order valence-corrected chi connectivity index (χ4v) is 7.46. The molecule has 49 heavy (non-hydrogen) atoms. The van der Waals surface area contributed by atoms with E-state index in [9.17, 15) is 19.5 Å². The number of fused-ring (bicyclic) bond motifs is 2. The Kier molecular flexibility index (Phi) is 10.1. The van der Waals surface area contributed by atoms with Gasteiger partial charge in [0.15, 0.2) is 0 Å². The van der Waals surface area contributed by atoms with Crippen LogP contribution in [0.15, 0.2) is 102 Å². The fraction of sp³-hybridized carbons (Fsp3) is 0.410. The van der Waals surface area contributed by atoms with Crippen LogP contribution in [-0.4, -0.2) is 70.1 Å². The Morgan fingerprint density at radius 1 is 0.898 bits per heavy atom. The Morgan fingerprint density at radius 2 is 1.55 bits per heavy atom. The van der Waals surface area contributed by atoms with Gasteiger partial charge in [0, 0.05) is 37.1 Å². The number of carbonyl (C=O) groups excluding carboxylic acids is 3. The minimum absolute atomic E-state index is 0.0667.